The number of carbonyl (C=O) groups is 1. The zero-order valence-corrected chi connectivity index (χ0v) is 17.6. The van der Waals surface area contributed by atoms with E-state index in [0.717, 1.165) is 29.3 Å². The molecule has 0 heterocycles. The average Bonchev–Trinajstić information content (AvgIpc) is 2.69. The van der Waals surface area contributed by atoms with Gasteiger partial charge >= 0.3 is 0 Å². The number of amides is 1. The van der Waals surface area contributed by atoms with Gasteiger partial charge in [-0.05, 0) is 70.6 Å². The van der Waals surface area contributed by atoms with Gasteiger partial charge in [-0.15, -0.1) is 0 Å². The maximum absolute atomic E-state index is 12.0. The summed E-state index contributed by atoms with van der Waals surface area (Å²) in [6.45, 7) is 2.69. The summed E-state index contributed by atoms with van der Waals surface area (Å²) in [6.07, 6.45) is 2.63. The summed E-state index contributed by atoms with van der Waals surface area (Å²) in [5, 5.41) is 2.88. The summed E-state index contributed by atoms with van der Waals surface area (Å²) < 4.78 is 17.0. The number of nitrogens with one attached hydrogen (secondary N) is 1. The molecule has 6 heteroatoms. The van der Waals surface area contributed by atoms with Crippen LogP contribution >= 0.6 is 15.9 Å². The molecule has 0 saturated carbocycles. The van der Waals surface area contributed by atoms with Crippen molar-refractivity contribution in [1.29, 1.82) is 0 Å². The van der Waals surface area contributed by atoms with Gasteiger partial charge in [-0.25, -0.2) is 0 Å². The molecular weight excluding hydrogens is 410 g/mol. The maximum atomic E-state index is 12.0. The Hall–Kier alpha value is -2.21. The van der Waals surface area contributed by atoms with Crippen LogP contribution in [0.4, 0.5) is 0 Å². The second-order valence-electron chi connectivity index (χ2n) is 6.05. The first-order valence-corrected chi connectivity index (χ1v) is 9.75. The van der Waals surface area contributed by atoms with E-state index in [9.17, 15) is 4.79 Å². The fourth-order valence-corrected chi connectivity index (χ4v) is 3.17. The molecule has 0 radical (unpaired) electrons. The highest BCUT2D eigenvalue weighted by Crippen LogP contribution is 2.28. The van der Waals surface area contributed by atoms with Crippen LogP contribution in [0.5, 0.6) is 17.2 Å². The van der Waals surface area contributed by atoms with Crippen LogP contribution < -0.4 is 19.5 Å². The third-order valence-corrected chi connectivity index (χ3v) is 4.80. The van der Waals surface area contributed by atoms with E-state index in [1.54, 1.807) is 14.2 Å². The van der Waals surface area contributed by atoms with Crippen molar-refractivity contribution in [3.63, 3.8) is 0 Å². The second-order valence-corrected chi connectivity index (χ2v) is 6.90. The van der Waals surface area contributed by atoms with Crippen molar-refractivity contribution in [3.05, 3.63) is 52.0 Å². The van der Waals surface area contributed by atoms with Crippen molar-refractivity contribution in [2.45, 2.75) is 26.2 Å². The number of rotatable bonds is 10. The van der Waals surface area contributed by atoms with Gasteiger partial charge in [0.1, 0.15) is 5.75 Å². The Morgan fingerprint density at radius 2 is 1.70 bits per heavy atom. The Morgan fingerprint density at radius 1 is 1.00 bits per heavy atom. The number of hydrogen-bond donors (Lipinski definition) is 1. The Labute approximate surface area is 169 Å². The third kappa shape index (κ3) is 6.47. The first kappa shape index (κ1) is 21.1. The highest BCUT2D eigenvalue weighted by Gasteiger charge is 2.07. The van der Waals surface area contributed by atoms with Crippen LogP contribution in [0.25, 0.3) is 0 Å². The molecule has 0 aliphatic carbocycles. The smallest absolute Gasteiger partial charge is 0.257 e. The van der Waals surface area contributed by atoms with Crippen LogP contribution in [0.15, 0.2) is 40.9 Å². The van der Waals surface area contributed by atoms with E-state index in [2.05, 4.69) is 28.2 Å². The van der Waals surface area contributed by atoms with Gasteiger partial charge in [-0.3, -0.25) is 4.79 Å². The van der Waals surface area contributed by atoms with Crippen LogP contribution in [0.1, 0.15) is 24.5 Å². The molecule has 0 spiro atoms. The number of aryl methyl sites for hydroxylation is 2. The molecule has 2 aromatic rings. The molecule has 27 heavy (non-hydrogen) atoms. The lowest BCUT2D eigenvalue weighted by atomic mass is 10.1. The molecule has 2 aromatic carbocycles. The lowest BCUT2D eigenvalue weighted by molar-refractivity contribution is -0.123. The molecule has 0 bridgehead atoms. The third-order valence-electron chi connectivity index (χ3n) is 4.18. The summed E-state index contributed by atoms with van der Waals surface area (Å²) in [7, 11) is 3.24. The van der Waals surface area contributed by atoms with Crippen molar-refractivity contribution in [3.8, 4) is 17.2 Å². The number of methoxy groups -OCH3 is 2. The van der Waals surface area contributed by atoms with Crippen LogP contribution in [0, 0.1) is 0 Å². The van der Waals surface area contributed by atoms with Crippen LogP contribution in [0.3, 0.4) is 0 Å². The molecule has 0 aliphatic heterocycles. The molecule has 146 valence electrons. The summed E-state index contributed by atoms with van der Waals surface area (Å²) in [5.41, 5.74) is 2.35. The monoisotopic (exact) mass is 435 g/mol. The van der Waals surface area contributed by atoms with Gasteiger partial charge in [0.05, 0.1) is 18.7 Å². The van der Waals surface area contributed by atoms with E-state index in [1.807, 2.05) is 36.4 Å². The van der Waals surface area contributed by atoms with Gasteiger partial charge in [0.25, 0.3) is 5.91 Å². The lowest BCUT2D eigenvalue weighted by Crippen LogP contribution is -2.30. The minimum atomic E-state index is -0.131. The minimum absolute atomic E-state index is 0.000427. The molecular formula is C21H26BrNO4. The van der Waals surface area contributed by atoms with Gasteiger partial charge in [0, 0.05) is 6.54 Å². The molecule has 5 nitrogen and oxygen atoms in total. The van der Waals surface area contributed by atoms with E-state index in [4.69, 9.17) is 14.2 Å². The second kappa shape index (κ2) is 10.8. The molecule has 0 aliphatic rings. The highest BCUT2D eigenvalue weighted by molar-refractivity contribution is 9.10. The molecule has 0 fully saturated rings. The summed E-state index contributed by atoms with van der Waals surface area (Å²) in [6, 6.07) is 11.7. The molecule has 1 amide bonds. The molecule has 2 rings (SSSR count). The maximum Gasteiger partial charge on any atom is 0.257 e. The fraction of sp³-hybridized carbons (Fsp3) is 0.381. The van der Waals surface area contributed by atoms with Crippen LogP contribution in [-0.2, 0) is 17.6 Å². The minimum Gasteiger partial charge on any atom is -0.493 e. The normalized spacial score (nSPS) is 10.4. The summed E-state index contributed by atoms with van der Waals surface area (Å²) in [4.78, 5) is 12.0. The van der Waals surface area contributed by atoms with E-state index in [-0.39, 0.29) is 12.5 Å². The van der Waals surface area contributed by atoms with Crippen LogP contribution in [-0.4, -0.2) is 33.3 Å². The predicted octanol–water partition coefficient (Wildman–Crippen LogP) is 4.16. The van der Waals surface area contributed by atoms with Gasteiger partial charge in [-0.1, -0.05) is 19.1 Å². The van der Waals surface area contributed by atoms with E-state index < -0.39 is 0 Å². The summed E-state index contributed by atoms with van der Waals surface area (Å²) in [5.74, 6) is 1.97. The van der Waals surface area contributed by atoms with Gasteiger partial charge in [0.2, 0.25) is 0 Å². The van der Waals surface area contributed by atoms with Crippen molar-refractivity contribution in [2.24, 2.45) is 0 Å². The van der Waals surface area contributed by atoms with Crippen molar-refractivity contribution >= 4 is 21.8 Å². The first-order valence-electron chi connectivity index (χ1n) is 8.96. The topological polar surface area (TPSA) is 56.8 Å². The number of hydrogen-bond acceptors (Lipinski definition) is 4. The number of ether oxygens (including phenoxy) is 3. The zero-order valence-electron chi connectivity index (χ0n) is 16.0. The molecule has 0 unspecified atom stereocenters. The summed E-state index contributed by atoms with van der Waals surface area (Å²) >= 11 is 3.47. The Kier molecular flexibility index (Phi) is 8.45. The largest absolute Gasteiger partial charge is 0.493 e. The zero-order chi connectivity index (χ0) is 19.6. The number of carbonyl (C=O) groups excluding carboxylic acids is 1. The number of halogens is 1. The standard InChI is InChI=1S/C21H26BrNO4/c1-4-15-7-9-18(17(22)12-15)27-14-21(24)23-11-5-6-16-8-10-19(25-2)20(13-16)26-3/h7-10,12-13H,4-6,11,14H2,1-3H3,(H,23,24). The molecule has 0 atom stereocenters. The Balaban J connectivity index is 1.72. The SMILES string of the molecule is CCc1ccc(OCC(=O)NCCCc2ccc(OC)c(OC)c2)c(Br)c1. The predicted molar refractivity (Wildman–Crippen MR) is 110 cm³/mol. The van der Waals surface area contributed by atoms with Crippen LogP contribution in [0.2, 0.25) is 0 Å². The fourth-order valence-electron chi connectivity index (χ4n) is 2.63. The first-order chi connectivity index (χ1) is 13.1. The highest BCUT2D eigenvalue weighted by atomic mass is 79.9. The van der Waals surface area contributed by atoms with Gasteiger partial charge in [-0.2, -0.15) is 0 Å². The molecule has 0 aromatic heterocycles. The Bertz CT molecular complexity index is 764. The van der Waals surface area contributed by atoms with Crippen molar-refractivity contribution < 1.29 is 19.0 Å². The van der Waals surface area contributed by atoms with E-state index in [1.165, 1.54) is 5.56 Å². The Morgan fingerprint density at radius 3 is 2.37 bits per heavy atom. The molecule has 0 saturated heterocycles. The molecule has 1 N–H and O–H groups in total. The van der Waals surface area contributed by atoms with E-state index >= 15 is 0 Å². The van der Waals surface area contributed by atoms with Crippen molar-refractivity contribution in [1.82, 2.24) is 5.32 Å². The van der Waals surface area contributed by atoms with Crippen molar-refractivity contribution in [2.75, 3.05) is 27.4 Å². The lowest BCUT2D eigenvalue weighted by Gasteiger charge is -2.11. The van der Waals surface area contributed by atoms with Gasteiger partial charge < -0.3 is 19.5 Å². The van der Waals surface area contributed by atoms with E-state index in [0.29, 0.717) is 23.8 Å². The average molecular weight is 436 g/mol. The quantitative estimate of drug-likeness (QED) is 0.569. The number of benzene rings is 2. The van der Waals surface area contributed by atoms with Gasteiger partial charge in [0.15, 0.2) is 18.1 Å².